The van der Waals surface area contributed by atoms with E-state index in [1.807, 2.05) is 0 Å². The molecule has 0 aliphatic rings. The standard InChI is InChI=1S/C10H8ClNO3S/c11-8-3-1-2-7(6-8)9-4-5-15-10(9)16(12,13)14/h1-6H,(H2,12,13,14). The molecule has 2 N–H and O–H groups in total. The summed E-state index contributed by atoms with van der Waals surface area (Å²) in [6.45, 7) is 0. The van der Waals surface area contributed by atoms with Crippen LogP contribution in [0.15, 0.2) is 46.1 Å². The van der Waals surface area contributed by atoms with Gasteiger partial charge in [0.15, 0.2) is 0 Å². The van der Waals surface area contributed by atoms with E-state index in [2.05, 4.69) is 0 Å². The summed E-state index contributed by atoms with van der Waals surface area (Å²) >= 11 is 5.82. The third-order valence-electron chi connectivity index (χ3n) is 2.02. The molecule has 4 nitrogen and oxygen atoms in total. The summed E-state index contributed by atoms with van der Waals surface area (Å²) in [4.78, 5) is 0. The van der Waals surface area contributed by atoms with Crippen molar-refractivity contribution < 1.29 is 12.8 Å². The number of halogens is 1. The van der Waals surface area contributed by atoms with Crippen LogP contribution in [0.2, 0.25) is 5.02 Å². The van der Waals surface area contributed by atoms with Crippen molar-refractivity contribution in [3.05, 3.63) is 41.6 Å². The van der Waals surface area contributed by atoms with E-state index in [4.69, 9.17) is 21.2 Å². The van der Waals surface area contributed by atoms with Crippen molar-refractivity contribution in [1.82, 2.24) is 0 Å². The van der Waals surface area contributed by atoms with Crippen LogP contribution in [0.3, 0.4) is 0 Å². The van der Waals surface area contributed by atoms with Crippen LogP contribution in [0.25, 0.3) is 11.1 Å². The first kappa shape index (κ1) is 11.2. The van der Waals surface area contributed by atoms with E-state index in [0.717, 1.165) is 0 Å². The Balaban J connectivity index is 2.62. The fourth-order valence-corrected chi connectivity index (χ4v) is 2.26. The molecule has 0 aliphatic carbocycles. The van der Waals surface area contributed by atoms with Crippen LogP contribution in [0.4, 0.5) is 0 Å². The number of sulfonamides is 1. The lowest BCUT2D eigenvalue weighted by Gasteiger charge is -2.01. The van der Waals surface area contributed by atoms with Gasteiger partial charge in [-0.25, -0.2) is 13.6 Å². The van der Waals surface area contributed by atoms with Crippen LogP contribution in [0.5, 0.6) is 0 Å². The second kappa shape index (κ2) is 3.93. The highest BCUT2D eigenvalue weighted by molar-refractivity contribution is 7.89. The predicted molar refractivity (Wildman–Crippen MR) is 60.5 cm³/mol. The molecule has 1 heterocycles. The second-order valence-electron chi connectivity index (χ2n) is 3.18. The highest BCUT2D eigenvalue weighted by Crippen LogP contribution is 2.29. The maximum Gasteiger partial charge on any atom is 0.272 e. The zero-order chi connectivity index (χ0) is 11.8. The average molecular weight is 258 g/mol. The van der Waals surface area contributed by atoms with E-state index in [0.29, 0.717) is 16.1 Å². The van der Waals surface area contributed by atoms with Crippen LogP contribution in [-0.2, 0) is 10.0 Å². The van der Waals surface area contributed by atoms with Gasteiger partial charge in [0.2, 0.25) is 5.09 Å². The number of rotatable bonds is 2. The van der Waals surface area contributed by atoms with Crippen molar-refractivity contribution >= 4 is 21.6 Å². The normalized spacial score (nSPS) is 11.6. The van der Waals surface area contributed by atoms with Gasteiger partial charge in [-0.2, -0.15) is 0 Å². The van der Waals surface area contributed by atoms with E-state index in [1.54, 1.807) is 24.3 Å². The number of hydrogen-bond acceptors (Lipinski definition) is 3. The molecule has 0 fully saturated rings. The number of primary sulfonamides is 1. The molecule has 1 aromatic heterocycles. The molecule has 0 atom stereocenters. The summed E-state index contributed by atoms with van der Waals surface area (Å²) in [6, 6.07) is 8.32. The Hall–Kier alpha value is -1.30. The van der Waals surface area contributed by atoms with Crippen molar-refractivity contribution in [2.24, 2.45) is 5.14 Å². The van der Waals surface area contributed by atoms with Crippen molar-refractivity contribution in [2.75, 3.05) is 0 Å². The van der Waals surface area contributed by atoms with Crippen molar-refractivity contribution in [2.45, 2.75) is 5.09 Å². The predicted octanol–water partition coefficient (Wildman–Crippen LogP) is 2.25. The van der Waals surface area contributed by atoms with Crippen LogP contribution in [0, 0.1) is 0 Å². The number of hydrogen-bond donors (Lipinski definition) is 1. The number of benzene rings is 1. The Morgan fingerprint density at radius 2 is 2.00 bits per heavy atom. The van der Waals surface area contributed by atoms with Gasteiger partial charge >= 0.3 is 0 Å². The highest BCUT2D eigenvalue weighted by Gasteiger charge is 2.19. The summed E-state index contributed by atoms with van der Waals surface area (Å²) < 4.78 is 27.3. The largest absolute Gasteiger partial charge is 0.451 e. The first-order valence-electron chi connectivity index (χ1n) is 4.35. The molecule has 1 aromatic carbocycles. The topological polar surface area (TPSA) is 73.3 Å². The minimum Gasteiger partial charge on any atom is -0.451 e. The maximum absolute atomic E-state index is 11.2. The lowest BCUT2D eigenvalue weighted by atomic mass is 10.1. The third-order valence-corrected chi connectivity index (χ3v) is 3.09. The Kier molecular flexibility index (Phi) is 2.75. The molecule has 0 saturated heterocycles. The minimum absolute atomic E-state index is 0.255. The first-order chi connectivity index (χ1) is 7.48. The Morgan fingerprint density at radius 1 is 1.25 bits per heavy atom. The summed E-state index contributed by atoms with van der Waals surface area (Å²) in [5.41, 5.74) is 1.05. The van der Waals surface area contributed by atoms with Gasteiger partial charge in [0.1, 0.15) is 0 Å². The molecule has 84 valence electrons. The monoisotopic (exact) mass is 257 g/mol. The quantitative estimate of drug-likeness (QED) is 0.897. The van der Waals surface area contributed by atoms with Crippen molar-refractivity contribution in [1.29, 1.82) is 0 Å². The van der Waals surface area contributed by atoms with Crippen LogP contribution in [-0.4, -0.2) is 8.42 Å². The first-order valence-corrected chi connectivity index (χ1v) is 6.27. The molecule has 6 heteroatoms. The molecule has 16 heavy (non-hydrogen) atoms. The van der Waals surface area contributed by atoms with Gasteiger partial charge in [-0.1, -0.05) is 23.7 Å². The van der Waals surface area contributed by atoms with Gasteiger partial charge in [-0.05, 0) is 23.8 Å². The molecule has 0 amide bonds. The SMILES string of the molecule is NS(=O)(=O)c1occc1-c1cccc(Cl)c1. The Morgan fingerprint density at radius 3 is 2.62 bits per heavy atom. The van der Waals surface area contributed by atoms with Crippen molar-refractivity contribution in [3.63, 3.8) is 0 Å². The molecular formula is C10H8ClNO3S. The molecular weight excluding hydrogens is 250 g/mol. The second-order valence-corrected chi connectivity index (χ2v) is 5.07. The van der Waals surface area contributed by atoms with Gasteiger partial charge in [0.25, 0.3) is 10.0 Å². The molecule has 2 rings (SSSR count). The third kappa shape index (κ3) is 2.11. The summed E-state index contributed by atoms with van der Waals surface area (Å²) in [6.07, 6.45) is 1.27. The van der Waals surface area contributed by atoms with Gasteiger partial charge in [0.05, 0.1) is 6.26 Å². The summed E-state index contributed by atoms with van der Waals surface area (Å²) in [5.74, 6) is 0. The number of nitrogens with two attached hydrogens (primary N) is 1. The summed E-state index contributed by atoms with van der Waals surface area (Å²) in [7, 11) is -3.86. The van der Waals surface area contributed by atoms with Gasteiger partial charge < -0.3 is 4.42 Å². The molecule has 2 aromatic rings. The van der Waals surface area contributed by atoms with Gasteiger partial charge in [-0.15, -0.1) is 0 Å². The molecule has 0 bridgehead atoms. The van der Waals surface area contributed by atoms with Gasteiger partial charge in [0, 0.05) is 10.6 Å². The zero-order valence-corrected chi connectivity index (χ0v) is 9.62. The lowest BCUT2D eigenvalue weighted by Crippen LogP contribution is -2.12. The Bertz CT molecular complexity index is 618. The van der Waals surface area contributed by atoms with E-state index in [9.17, 15) is 8.42 Å². The smallest absolute Gasteiger partial charge is 0.272 e. The Labute approximate surface area is 97.7 Å². The molecule has 0 unspecified atom stereocenters. The molecule has 0 aliphatic heterocycles. The fraction of sp³-hybridized carbons (Fsp3) is 0. The maximum atomic E-state index is 11.2. The van der Waals surface area contributed by atoms with E-state index in [-0.39, 0.29) is 5.09 Å². The summed E-state index contributed by atoms with van der Waals surface area (Å²) in [5, 5.41) is 5.28. The van der Waals surface area contributed by atoms with Gasteiger partial charge in [-0.3, -0.25) is 0 Å². The van der Waals surface area contributed by atoms with Crippen LogP contribution < -0.4 is 5.14 Å². The molecule has 0 spiro atoms. The van der Waals surface area contributed by atoms with E-state index >= 15 is 0 Å². The van der Waals surface area contributed by atoms with Crippen LogP contribution >= 0.6 is 11.6 Å². The zero-order valence-electron chi connectivity index (χ0n) is 8.05. The fourth-order valence-electron chi connectivity index (χ4n) is 1.39. The van der Waals surface area contributed by atoms with E-state index < -0.39 is 10.0 Å². The highest BCUT2D eigenvalue weighted by atomic mass is 35.5. The van der Waals surface area contributed by atoms with Crippen LogP contribution in [0.1, 0.15) is 0 Å². The van der Waals surface area contributed by atoms with E-state index in [1.165, 1.54) is 12.3 Å². The number of furan rings is 1. The lowest BCUT2D eigenvalue weighted by molar-refractivity contribution is 0.452. The molecule has 0 radical (unpaired) electrons. The minimum atomic E-state index is -3.86. The molecule has 0 saturated carbocycles. The average Bonchev–Trinajstić information content (AvgIpc) is 2.65. The van der Waals surface area contributed by atoms with Crippen molar-refractivity contribution in [3.8, 4) is 11.1 Å².